The molecule has 1 amide bonds. The number of amides is 1. The van der Waals surface area contributed by atoms with Gasteiger partial charge >= 0.3 is 0 Å². The average molecular weight is 483 g/mol. The van der Waals surface area contributed by atoms with Crippen molar-refractivity contribution >= 4 is 22.5 Å². The topological polar surface area (TPSA) is 60.3 Å². The van der Waals surface area contributed by atoms with Crippen LogP contribution in [0.4, 0.5) is 5.69 Å². The Morgan fingerprint density at radius 3 is 2.19 bits per heavy atom. The molecule has 0 saturated carbocycles. The van der Waals surface area contributed by atoms with Gasteiger partial charge in [-0.05, 0) is 85.9 Å². The maximum Gasteiger partial charge on any atom is 0.254 e. The molecule has 0 unspecified atom stereocenters. The van der Waals surface area contributed by atoms with Crippen molar-refractivity contribution < 1.29 is 9.53 Å². The molecule has 1 heterocycles. The summed E-state index contributed by atoms with van der Waals surface area (Å²) in [5.74, 6) is 0.411. The number of nitrogens with zero attached hydrogens (tertiary/aromatic N) is 1. The Kier molecular flexibility index (Phi) is 7.58. The van der Waals surface area contributed by atoms with Crippen LogP contribution in [-0.2, 0) is 30.6 Å². The maximum atomic E-state index is 13.6. The van der Waals surface area contributed by atoms with E-state index in [1.165, 1.54) is 11.1 Å². The summed E-state index contributed by atoms with van der Waals surface area (Å²) in [6, 6.07) is 20.2. The van der Waals surface area contributed by atoms with Crippen LogP contribution in [-0.4, -0.2) is 17.6 Å². The number of aromatic nitrogens is 1. The molecule has 1 aromatic heterocycles. The summed E-state index contributed by atoms with van der Waals surface area (Å²) in [5.41, 5.74) is 7.67. The van der Waals surface area contributed by atoms with Gasteiger partial charge in [-0.25, -0.2) is 0 Å². The second-order valence-corrected chi connectivity index (χ2v) is 9.48. The summed E-state index contributed by atoms with van der Waals surface area (Å²) >= 11 is 0. The van der Waals surface area contributed by atoms with E-state index in [9.17, 15) is 9.59 Å². The molecule has 5 heteroatoms. The fourth-order valence-corrected chi connectivity index (χ4v) is 4.79. The molecule has 1 N–H and O–H groups in total. The third-order valence-electron chi connectivity index (χ3n) is 6.74. The highest BCUT2D eigenvalue weighted by molar-refractivity contribution is 5.93. The number of benzene rings is 3. The minimum absolute atomic E-state index is 0.0751. The fraction of sp³-hybridized carbons (Fsp3) is 0.290. The Bertz CT molecular complexity index is 1440. The standard InChI is InChI=1S/C31H34N2O3/c1-6-23-7-9-24(10-8-23)11-12-26-17-25-13-14-27(36-5)18-28(25)33(31(26)35)19-29(34)32-30-21(3)15-20(2)16-22(30)4/h7-10,13-18H,6,11-12,19H2,1-5H3,(H,32,34). The van der Waals surface area contributed by atoms with E-state index in [4.69, 9.17) is 4.74 Å². The molecule has 0 atom stereocenters. The van der Waals surface area contributed by atoms with Crippen molar-refractivity contribution in [2.24, 2.45) is 0 Å². The number of hydrogen-bond acceptors (Lipinski definition) is 3. The summed E-state index contributed by atoms with van der Waals surface area (Å²) in [6.45, 7) is 8.06. The quantitative estimate of drug-likeness (QED) is 0.339. The zero-order chi connectivity index (χ0) is 25.8. The second-order valence-electron chi connectivity index (χ2n) is 9.48. The third kappa shape index (κ3) is 5.51. The van der Waals surface area contributed by atoms with Crippen molar-refractivity contribution in [2.75, 3.05) is 12.4 Å². The van der Waals surface area contributed by atoms with Crippen LogP contribution >= 0.6 is 0 Å². The van der Waals surface area contributed by atoms with E-state index in [1.807, 2.05) is 57.2 Å². The molecule has 0 bridgehead atoms. The van der Waals surface area contributed by atoms with Crippen LogP contribution in [0.15, 0.2) is 65.5 Å². The van der Waals surface area contributed by atoms with Gasteiger partial charge in [0.05, 0.1) is 12.6 Å². The van der Waals surface area contributed by atoms with Gasteiger partial charge in [-0.1, -0.05) is 48.9 Å². The Labute approximate surface area is 212 Å². The number of fused-ring (bicyclic) bond motifs is 1. The van der Waals surface area contributed by atoms with E-state index in [1.54, 1.807) is 11.7 Å². The van der Waals surface area contributed by atoms with Crippen LogP contribution < -0.4 is 15.6 Å². The highest BCUT2D eigenvalue weighted by atomic mass is 16.5. The second kappa shape index (κ2) is 10.8. The molecule has 4 aromatic rings. The van der Waals surface area contributed by atoms with E-state index in [0.717, 1.165) is 40.6 Å². The predicted molar refractivity (Wildman–Crippen MR) is 147 cm³/mol. The monoisotopic (exact) mass is 482 g/mol. The first-order valence-corrected chi connectivity index (χ1v) is 12.4. The van der Waals surface area contributed by atoms with E-state index in [0.29, 0.717) is 23.3 Å². The molecule has 0 spiro atoms. The van der Waals surface area contributed by atoms with Gasteiger partial charge in [0.1, 0.15) is 12.3 Å². The maximum absolute atomic E-state index is 13.6. The van der Waals surface area contributed by atoms with Crippen molar-refractivity contribution in [1.82, 2.24) is 4.57 Å². The number of aryl methyl sites for hydroxylation is 6. The molecule has 5 nitrogen and oxygen atoms in total. The van der Waals surface area contributed by atoms with Gasteiger partial charge in [0.2, 0.25) is 5.91 Å². The van der Waals surface area contributed by atoms with Crippen molar-refractivity contribution in [3.8, 4) is 5.75 Å². The van der Waals surface area contributed by atoms with E-state index >= 15 is 0 Å². The third-order valence-corrected chi connectivity index (χ3v) is 6.74. The van der Waals surface area contributed by atoms with Crippen LogP contribution in [0.5, 0.6) is 5.75 Å². The van der Waals surface area contributed by atoms with Crippen LogP contribution in [0.1, 0.15) is 40.3 Å². The lowest BCUT2D eigenvalue weighted by molar-refractivity contribution is -0.116. The lowest BCUT2D eigenvalue weighted by atomic mass is 10.0. The lowest BCUT2D eigenvalue weighted by Crippen LogP contribution is -2.30. The van der Waals surface area contributed by atoms with Gasteiger partial charge < -0.3 is 10.1 Å². The molecule has 3 aromatic carbocycles. The zero-order valence-corrected chi connectivity index (χ0v) is 21.8. The highest BCUT2D eigenvalue weighted by Gasteiger charge is 2.15. The number of anilines is 1. The SMILES string of the molecule is CCc1ccc(CCc2cc3ccc(OC)cc3n(CC(=O)Nc3c(C)cc(C)cc3C)c2=O)cc1. The normalized spacial score (nSPS) is 11.0. The molecule has 36 heavy (non-hydrogen) atoms. The van der Waals surface area contributed by atoms with Gasteiger partial charge in [0.25, 0.3) is 5.56 Å². The summed E-state index contributed by atoms with van der Waals surface area (Å²) in [4.78, 5) is 26.8. The molecule has 0 aliphatic carbocycles. The number of methoxy groups -OCH3 is 1. The number of carbonyl (C=O) groups is 1. The lowest BCUT2D eigenvalue weighted by Gasteiger charge is -2.16. The molecule has 0 saturated heterocycles. The molecular weight excluding hydrogens is 448 g/mol. The molecule has 0 aliphatic heterocycles. The summed E-state index contributed by atoms with van der Waals surface area (Å²) in [5, 5.41) is 3.94. The summed E-state index contributed by atoms with van der Waals surface area (Å²) in [6.07, 6.45) is 2.36. The zero-order valence-electron chi connectivity index (χ0n) is 21.8. The van der Waals surface area contributed by atoms with Gasteiger partial charge in [-0.15, -0.1) is 0 Å². The molecule has 186 valence electrons. The van der Waals surface area contributed by atoms with Gasteiger partial charge in [-0.3, -0.25) is 14.2 Å². The van der Waals surface area contributed by atoms with Crippen LogP contribution in [0, 0.1) is 20.8 Å². The molecule has 0 aliphatic rings. The van der Waals surface area contributed by atoms with Crippen molar-refractivity contribution in [3.63, 3.8) is 0 Å². The number of pyridine rings is 1. The Hall–Kier alpha value is -3.86. The predicted octanol–water partition coefficient (Wildman–Crippen LogP) is 5.92. The first kappa shape index (κ1) is 25.2. The van der Waals surface area contributed by atoms with Crippen molar-refractivity contribution in [2.45, 2.75) is 53.5 Å². The number of rotatable bonds is 8. The van der Waals surface area contributed by atoms with E-state index < -0.39 is 0 Å². The van der Waals surface area contributed by atoms with Gasteiger partial charge in [0, 0.05) is 17.3 Å². The smallest absolute Gasteiger partial charge is 0.254 e. The minimum atomic E-state index is -0.233. The van der Waals surface area contributed by atoms with Crippen LogP contribution in [0.25, 0.3) is 10.9 Å². The Morgan fingerprint density at radius 2 is 1.56 bits per heavy atom. The van der Waals surface area contributed by atoms with Crippen LogP contribution in [0.2, 0.25) is 0 Å². The number of nitrogens with one attached hydrogen (secondary N) is 1. The summed E-state index contributed by atoms with van der Waals surface area (Å²) < 4.78 is 6.97. The average Bonchev–Trinajstić information content (AvgIpc) is 2.87. The summed E-state index contributed by atoms with van der Waals surface area (Å²) in [7, 11) is 1.59. The van der Waals surface area contributed by atoms with Gasteiger partial charge in [0.15, 0.2) is 0 Å². The molecule has 4 rings (SSSR count). The molecular formula is C31H34N2O3. The Balaban J connectivity index is 1.67. The first-order chi connectivity index (χ1) is 17.3. The highest BCUT2D eigenvalue weighted by Crippen LogP contribution is 2.24. The van der Waals surface area contributed by atoms with Crippen LogP contribution in [0.3, 0.4) is 0 Å². The molecule has 0 fully saturated rings. The Morgan fingerprint density at radius 1 is 0.889 bits per heavy atom. The van der Waals surface area contributed by atoms with Crippen molar-refractivity contribution in [3.05, 3.63) is 104 Å². The van der Waals surface area contributed by atoms with Crippen molar-refractivity contribution in [1.29, 1.82) is 0 Å². The van der Waals surface area contributed by atoms with E-state index in [2.05, 4.69) is 36.5 Å². The number of carbonyl (C=O) groups excluding carboxylic acids is 1. The fourth-order valence-electron chi connectivity index (χ4n) is 4.79. The molecule has 0 radical (unpaired) electrons. The number of ether oxygens (including phenoxy) is 1. The largest absolute Gasteiger partial charge is 0.497 e. The number of hydrogen-bond donors (Lipinski definition) is 1. The van der Waals surface area contributed by atoms with E-state index in [-0.39, 0.29) is 18.0 Å². The first-order valence-electron chi connectivity index (χ1n) is 12.4. The van der Waals surface area contributed by atoms with Gasteiger partial charge in [-0.2, -0.15) is 0 Å². The minimum Gasteiger partial charge on any atom is -0.497 e.